The Morgan fingerprint density at radius 1 is 0.911 bits per heavy atom. The lowest BCUT2D eigenvalue weighted by atomic mass is 9.88. The number of benzene rings is 1. The van der Waals surface area contributed by atoms with Gasteiger partial charge in [-0.2, -0.15) is 0 Å². The van der Waals surface area contributed by atoms with Gasteiger partial charge in [0.1, 0.15) is 5.82 Å². The zero-order valence-corrected chi connectivity index (χ0v) is 27.6. The molecule has 6 rings (SSSR count). The number of piperidine rings is 1. The van der Waals surface area contributed by atoms with E-state index in [1.807, 2.05) is 38.5 Å². The number of pyridine rings is 2. The van der Waals surface area contributed by atoms with Crippen molar-refractivity contribution in [3.8, 4) is 11.1 Å². The van der Waals surface area contributed by atoms with Crippen molar-refractivity contribution in [3.05, 3.63) is 70.0 Å². The first kappa shape index (κ1) is 31.0. The summed E-state index contributed by atoms with van der Waals surface area (Å²) in [6, 6.07) is 9.79. The molecule has 1 saturated carbocycles. The summed E-state index contributed by atoms with van der Waals surface area (Å²) in [6.07, 6.45) is 14.2. The number of anilines is 3. The molecule has 3 aromatic heterocycles. The van der Waals surface area contributed by atoms with Gasteiger partial charge in [-0.05, 0) is 115 Å². The van der Waals surface area contributed by atoms with Gasteiger partial charge in [0, 0.05) is 90.1 Å². The molecule has 0 unspecified atom stereocenters. The number of H-pyrrole nitrogens is 1. The van der Waals surface area contributed by atoms with Crippen molar-refractivity contribution in [3.63, 3.8) is 0 Å². The molecule has 4 aromatic rings. The highest BCUT2D eigenvalue weighted by Gasteiger charge is 2.28. The van der Waals surface area contributed by atoms with E-state index in [4.69, 9.17) is 15.0 Å². The van der Waals surface area contributed by atoms with Gasteiger partial charge in [-0.1, -0.05) is 0 Å². The van der Waals surface area contributed by atoms with Crippen molar-refractivity contribution >= 4 is 28.2 Å². The fourth-order valence-electron chi connectivity index (χ4n) is 7.32. The van der Waals surface area contributed by atoms with Crippen LogP contribution in [-0.4, -0.2) is 70.6 Å². The standard InChI is InChI=1S/C36H48N8O/c1-6-44(29-12-10-28(11-13-29)42(4)5)33-20-26(27-21-39-36(40-22-27)43-16-8-7-9-17-43)19-31-30(33)14-15-37-34(31)38-23-32-24(2)18-25(3)41-35(32)45/h14-15,18-22,28-29H,6-13,16-17,23H2,1-5H3,(H,37,38)(H,41,45). The normalized spacial score (nSPS) is 18.8. The van der Waals surface area contributed by atoms with Crippen LogP contribution < -0.4 is 20.7 Å². The van der Waals surface area contributed by atoms with Gasteiger partial charge in [0.2, 0.25) is 5.95 Å². The van der Waals surface area contributed by atoms with Crippen molar-refractivity contribution in [2.24, 2.45) is 0 Å². The van der Waals surface area contributed by atoms with Gasteiger partial charge < -0.3 is 25.0 Å². The molecule has 9 nitrogen and oxygen atoms in total. The lowest BCUT2D eigenvalue weighted by Crippen LogP contribution is -2.42. The summed E-state index contributed by atoms with van der Waals surface area (Å²) in [5.74, 6) is 1.59. The van der Waals surface area contributed by atoms with Crippen LogP contribution in [0.3, 0.4) is 0 Å². The number of nitrogens with zero attached hydrogens (tertiary/aromatic N) is 6. The molecule has 1 saturated heterocycles. The minimum absolute atomic E-state index is 0.0574. The van der Waals surface area contributed by atoms with Gasteiger partial charge in [0.15, 0.2) is 0 Å². The second-order valence-electron chi connectivity index (χ2n) is 13.1. The quantitative estimate of drug-likeness (QED) is 0.229. The third kappa shape index (κ3) is 6.69. The molecular weight excluding hydrogens is 560 g/mol. The van der Waals surface area contributed by atoms with Crippen molar-refractivity contribution < 1.29 is 0 Å². The Bertz CT molecular complexity index is 1670. The summed E-state index contributed by atoms with van der Waals surface area (Å²) < 4.78 is 0. The number of rotatable bonds is 9. The molecule has 1 aliphatic carbocycles. The highest BCUT2D eigenvalue weighted by molar-refractivity contribution is 6.03. The number of hydrogen-bond donors (Lipinski definition) is 2. The van der Waals surface area contributed by atoms with E-state index in [1.165, 1.54) is 50.6 Å². The number of aromatic nitrogens is 4. The molecule has 2 aliphatic rings. The summed E-state index contributed by atoms with van der Waals surface area (Å²) >= 11 is 0. The minimum atomic E-state index is -0.0574. The number of aryl methyl sites for hydroxylation is 2. The fraction of sp³-hybridized carbons (Fsp3) is 0.500. The van der Waals surface area contributed by atoms with Crippen molar-refractivity contribution in [1.82, 2.24) is 24.8 Å². The van der Waals surface area contributed by atoms with Gasteiger partial charge in [0.25, 0.3) is 5.56 Å². The Morgan fingerprint density at radius 2 is 1.62 bits per heavy atom. The summed E-state index contributed by atoms with van der Waals surface area (Å²) in [5.41, 5.74) is 5.79. The zero-order valence-electron chi connectivity index (χ0n) is 27.6. The third-order valence-corrected chi connectivity index (χ3v) is 9.88. The zero-order chi connectivity index (χ0) is 31.5. The highest BCUT2D eigenvalue weighted by atomic mass is 16.1. The fourth-order valence-corrected chi connectivity index (χ4v) is 7.32. The molecule has 1 aromatic carbocycles. The number of aromatic amines is 1. The molecule has 0 amide bonds. The lowest BCUT2D eigenvalue weighted by Gasteiger charge is -2.40. The predicted octanol–water partition coefficient (Wildman–Crippen LogP) is 6.30. The monoisotopic (exact) mass is 608 g/mol. The van der Waals surface area contributed by atoms with E-state index in [1.54, 1.807) is 0 Å². The van der Waals surface area contributed by atoms with Gasteiger partial charge in [-0.3, -0.25) is 4.79 Å². The molecule has 9 heteroatoms. The molecular formula is C36H48N8O. The Morgan fingerprint density at radius 3 is 2.29 bits per heavy atom. The van der Waals surface area contributed by atoms with E-state index >= 15 is 0 Å². The van der Waals surface area contributed by atoms with Crippen LogP contribution in [-0.2, 0) is 6.54 Å². The van der Waals surface area contributed by atoms with E-state index in [9.17, 15) is 4.79 Å². The molecule has 0 spiro atoms. The summed E-state index contributed by atoms with van der Waals surface area (Å²) in [5, 5.41) is 5.72. The van der Waals surface area contributed by atoms with Crippen LogP contribution in [0, 0.1) is 13.8 Å². The Balaban J connectivity index is 1.40. The first-order valence-corrected chi connectivity index (χ1v) is 16.7. The van der Waals surface area contributed by atoms with Crippen LogP contribution in [0.25, 0.3) is 21.9 Å². The third-order valence-electron chi connectivity index (χ3n) is 9.88. The van der Waals surface area contributed by atoms with E-state index in [2.05, 4.69) is 64.2 Å². The van der Waals surface area contributed by atoms with Crippen LogP contribution in [0.1, 0.15) is 68.7 Å². The molecule has 2 fully saturated rings. The molecule has 45 heavy (non-hydrogen) atoms. The number of fused-ring (bicyclic) bond motifs is 1. The van der Waals surface area contributed by atoms with Crippen LogP contribution in [0.15, 0.2) is 47.7 Å². The van der Waals surface area contributed by atoms with Gasteiger partial charge in [0.05, 0.1) is 0 Å². The lowest BCUT2D eigenvalue weighted by molar-refractivity contribution is 0.214. The second-order valence-corrected chi connectivity index (χ2v) is 13.1. The van der Waals surface area contributed by atoms with Crippen LogP contribution in [0.4, 0.5) is 17.5 Å². The maximum atomic E-state index is 12.8. The molecule has 2 N–H and O–H groups in total. The molecule has 0 bridgehead atoms. The van der Waals surface area contributed by atoms with Crippen molar-refractivity contribution in [1.29, 1.82) is 0 Å². The molecule has 0 atom stereocenters. The number of nitrogens with one attached hydrogen (secondary N) is 2. The maximum Gasteiger partial charge on any atom is 0.253 e. The van der Waals surface area contributed by atoms with E-state index in [0.717, 1.165) is 70.1 Å². The average Bonchev–Trinajstić information content (AvgIpc) is 3.05. The second kappa shape index (κ2) is 13.6. The number of hydrogen-bond acceptors (Lipinski definition) is 8. The van der Waals surface area contributed by atoms with Crippen molar-refractivity contribution in [2.45, 2.75) is 84.3 Å². The van der Waals surface area contributed by atoms with E-state index in [0.29, 0.717) is 18.6 Å². The molecule has 1 aliphatic heterocycles. The Labute approximate surface area is 267 Å². The first-order valence-electron chi connectivity index (χ1n) is 16.7. The predicted molar refractivity (Wildman–Crippen MR) is 185 cm³/mol. The topological polar surface area (TPSA) is 93.3 Å². The largest absolute Gasteiger partial charge is 0.368 e. The first-order chi connectivity index (χ1) is 21.8. The van der Waals surface area contributed by atoms with Gasteiger partial charge in [-0.15, -0.1) is 0 Å². The highest BCUT2D eigenvalue weighted by Crippen LogP contribution is 2.39. The van der Waals surface area contributed by atoms with Crippen LogP contribution in [0.2, 0.25) is 0 Å². The smallest absolute Gasteiger partial charge is 0.253 e. The summed E-state index contributed by atoms with van der Waals surface area (Å²) in [6.45, 7) is 9.52. The minimum Gasteiger partial charge on any atom is -0.368 e. The van der Waals surface area contributed by atoms with Crippen LogP contribution in [0.5, 0.6) is 0 Å². The molecule has 0 radical (unpaired) electrons. The van der Waals surface area contributed by atoms with Gasteiger partial charge in [-0.25, -0.2) is 15.0 Å². The molecule has 4 heterocycles. The SMILES string of the molecule is CCN(c1cc(-c2cnc(N3CCCCC3)nc2)cc2c(NCc3c(C)cc(C)[nH]c3=O)nccc12)C1CCC(N(C)C)CC1. The van der Waals surface area contributed by atoms with Crippen LogP contribution >= 0.6 is 0 Å². The molecule has 238 valence electrons. The summed E-state index contributed by atoms with van der Waals surface area (Å²) in [4.78, 5) is 37.5. The van der Waals surface area contributed by atoms with Gasteiger partial charge >= 0.3 is 0 Å². The Hall–Kier alpha value is -3.98. The average molecular weight is 609 g/mol. The van der Waals surface area contributed by atoms with Crippen molar-refractivity contribution in [2.75, 3.05) is 48.8 Å². The van der Waals surface area contributed by atoms with E-state index < -0.39 is 0 Å². The van der Waals surface area contributed by atoms with E-state index in [-0.39, 0.29) is 5.56 Å². The summed E-state index contributed by atoms with van der Waals surface area (Å²) in [7, 11) is 4.40. The maximum absolute atomic E-state index is 12.8. The Kier molecular flexibility index (Phi) is 9.35.